The zero-order chi connectivity index (χ0) is 17.8. The Bertz CT molecular complexity index is 1040. The van der Waals surface area contributed by atoms with E-state index in [0.717, 1.165) is 28.0 Å². The lowest BCUT2D eigenvalue weighted by Gasteiger charge is -1.98. The minimum Gasteiger partial charge on any atom is -0.411 e. The van der Waals surface area contributed by atoms with E-state index < -0.39 is 5.82 Å². The van der Waals surface area contributed by atoms with E-state index in [1.54, 1.807) is 24.5 Å². The van der Waals surface area contributed by atoms with E-state index in [2.05, 4.69) is 15.1 Å². The molecule has 0 atom stereocenters. The maximum absolute atomic E-state index is 13.2. The number of halogens is 2. The minimum atomic E-state index is -0.409. The molecular formula is C19H20F2N4O. The van der Waals surface area contributed by atoms with Gasteiger partial charge in [-0.1, -0.05) is 12.6 Å². The number of nitrogens with zero attached hydrogens (tertiary/aromatic N) is 1. The van der Waals surface area contributed by atoms with Crippen molar-refractivity contribution in [1.29, 1.82) is 0 Å². The average molecular weight is 358 g/mol. The Balaban J connectivity index is 0.000000180. The van der Waals surface area contributed by atoms with Gasteiger partial charge in [0.05, 0.1) is 6.21 Å². The number of hydrogen-bond acceptors (Lipinski definition) is 3. The van der Waals surface area contributed by atoms with Gasteiger partial charge in [0, 0.05) is 46.5 Å². The molecule has 2 heterocycles. The number of fused-ring (bicyclic) bond motifs is 2. The van der Waals surface area contributed by atoms with E-state index in [1.807, 2.05) is 12.1 Å². The molecule has 0 fully saturated rings. The molecule has 0 bridgehead atoms. The smallest absolute Gasteiger partial charge is 0.134 e. The second kappa shape index (κ2) is 8.26. The molecule has 4 rings (SSSR count). The van der Waals surface area contributed by atoms with E-state index in [0.29, 0.717) is 5.56 Å². The fourth-order valence-electron chi connectivity index (χ4n) is 2.53. The molecule has 2 aromatic heterocycles. The van der Waals surface area contributed by atoms with Crippen molar-refractivity contribution in [3.8, 4) is 0 Å². The largest absolute Gasteiger partial charge is 0.411 e. The van der Waals surface area contributed by atoms with Gasteiger partial charge >= 0.3 is 0 Å². The first-order valence-electron chi connectivity index (χ1n) is 7.52. The van der Waals surface area contributed by atoms with Crippen LogP contribution in [0.2, 0.25) is 0 Å². The summed E-state index contributed by atoms with van der Waals surface area (Å²) in [5.74, 6) is -0.653. The first-order chi connectivity index (χ1) is 12.1. The highest BCUT2D eigenvalue weighted by Crippen LogP contribution is 2.17. The van der Waals surface area contributed by atoms with Crippen molar-refractivity contribution in [1.82, 2.24) is 9.97 Å². The van der Waals surface area contributed by atoms with Gasteiger partial charge in [0.15, 0.2) is 0 Å². The van der Waals surface area contributed by atoms with Crippen molar-refractivity contribution >= 4 is 28.0 Å². The van der Waals surface area contributed by atoms with Gasteiger partial charge in [0.25, 0.3) is 0 Å². The third kappa shape index (κ3) is 3.89. The Hall–Kier alpha value is -3.19. The average Bonchev–Trinajstić information content (AvgIpc) is 3.23. The number of rotatable bonds is 2. The number of aromatic nitrogens is 2. The lowest BCUT2D eigenvalue weighted by atomic mass is 10.1. The zero-order valence-electron chi connectivity index (χ0n) is 13.1. The van der Waals surface area contributed by atoms with Crippen LogP contribution in [-0.2, 0) is 6.54 Å². The second-order valence-corrected chi connectivity index (χ2v) is 5.40. The van der Waals surface area contributed by atoms with Crippen molar-refractivity contribution in [2.24, 2.45) is 10.9 Å². The predicted molar refractivity (Wildman–Crippen MR) is 101 cm³/mol. The van der Waals surface area contributed by atoms with Gasteiger partial charge in [-0.15, -0.1) is 0 Å². The quantitative estimate of drug-likeness (QED) is 0.241. The highest BCUT2D eigenvalue weighted by Gasteiger charge is 2.03. The van der Waals surface area contributed by atoms with E-state index in [1.165, 1.54) is 12.1 Å². The third-order valence-corrected chi connectivity index (χ3v) is 3.81. The van der Waals surface area contributed by atoms with Gasteiger partial charge in [-0.3, -0.25) is 0 Å². The Morgan fingerprint density at radius 2 is 1.54 bits per heavy atom. The maximum atomic E-state index is 13.2. The van der Waals surface area contributed by atoms with Crippen molar-refractivity contribution in [3.63, 3.8) is 0 Å². The molecule has 4 aromatic rings. The van der Waals surface area contributed by atoms with Gasteiger partial charge in [-0.2, -0.15) is 0 Å². The van der Waals surface area contributed by atoms with Crippen LogP contribution in [-0.4, -0.2) is 21.4 Å². The molecule has 0 aliphatic rings. The summed E-state index contributed by atoms with van der Waals surface area (Å²) >= 11 is 0. The third-order valence-electron chi connectivity index (χ3n) is 3.81. The summed E-state index contributed by atoms with van der Waals surface area (Å²) in [5, 5.41) is 12.9. The Morgan fingerprint density at radius 1 is 0.962 bits per heavy atom. The molecule has 7 heteroatoms. The first kappa shape index (κ1) is 19.1. The molecule has 0 saturated carbocycles. The number of aromatic amines is 2. The molecule has 0 spiro atoms. The Kier molecular flexibility index (Phi) is 6.08. The lowest BCUT2D eigenvalue weighted by molar-refractivity contribution is 0.321. The van der Waals surface area contributed by atoms with E-state index in [4.69, 9.17) is 10.9 Å². The van der Waals surface area contributed by atoms with Crippen LogP contribution < -0.4 is 5.73 Å². The van der Waals surface area contributed by atoms with Crippen LogP contribution in [0.5, 0.6) is 0 Å². The summed E-state index contributed by atoms with van der Waals surface area (Å²) in [5.41, 5.74) is 7.73. The summed E-state index contributed by atoms with van der Waals surface area (Å²) in [6.45, 7) is 0.243. The normalized spacial score (nSPS) is 10.7. The fourth-order valence-corrected chi connectivity index (χ4v) is 2.53. The molecule has 5 N–H and O–H groups in total. The van der Waals surface area contributed by atoms with Crippen LogP contribution in [0, 0.1) is 11.6 Å². The molecule has 0 radical (unpaired) electrons. The van der Waals surface area contributed by atoms with Gasteiger partial charge in [-0.05, 0) is 41.8 Å². The topological polar surface area (TPSA) is 90.2 Å². The van der Waals surface area contributed by atoms with Crippen LogP contribution in [0.15, 0.2) is 53.9 Å². The van der Waals surface area contributed by atoms with Crippen molar-refractivity contribution in [2.75, 3.05) is 0 Å². The lowest BCUT2D eigenvalue weighted by Crippen LogP contribution is -1.99. The molecule has 5 nitrogen and oxygen atoms in total. The standard InChI is InChI=1S/C9H7FN2O.C9H9FN2.CH4/c10-8-4-9-6(1-2-11-9)3-7(8)5-12-13;10-8-4-9-6(1-2-12-9)3-7(8)5-11;/h1-5,11,13H;1-4,12H,5,11H2;1H4/b12-5+;;. The van der Waals surface area contributed by atoms with E-state index in [-0.39, 0.29) is 25.4 Å². The highest BCUT2D eigenvalue weighted by atomic mass is 19.1. The molecule has 26 heavy (non-hydrogen) atoms. The summed E-state index contributed by atoms with van der Waals surface area (Å²) < 4.78 is 26.3. The number of oxime groups is 1. The molecule has 0 saturated heterocycles. The van der Waals surface area contributed by atoms with Crippen LogP contribution in [0.4, 0.5) is 8.78 Å². The predicted octanol–water partition coefficient (Wildman–Crippen LogP) is 4.52. The minimum absolute atomic E-state index is 0. The summed E-state index contributed by atoms with van der Waals surface area (Å²) in [6, 6.07) is 9.93. The number of nitrogens with one attached hydrogen (secondary N) is 2. The van der Waals surface area contributed by atoms with Crippen molar-refractivity contribution in [2.45, 2.75) is 14.0 Å². The molecule has 0 unspecified atom stereocenters. The van der Waals surface area contributed by atoms with Gasteiger partial charge in [-0.25, -0.2) is 8.78 Å². The van der Waals surface area contributed by atoms with Crippen LogP contribution >= 0.6 is 0 Å². The molecular weight excluding hydrogens is 338 g/mol. The van der Waals surface area contributed by atoms with Gasteiger partial charge in [0.1, 0.15) is 11.6 Å². The Morgan fingerprint density at radius 3 is 2.12 bits per heavy atom. The van der Waals surface area contributed by atoms with Crippen molar-refractivity contribution < 1.29 is 14.0 Å². The Labute approximate surface area is 149 Å². The SMILES string of the molecule is C.NCc1cc2cc[nH]c2cc1F.O/N=C/c1cc2cc[nH]c2cc1F. The summed E-state index contributed by atoms with van der Waals surface area (Å²) in [4.78, 5) is 5.81. The van der Waals surface area contributed by atoms with E-state index in [9.17, 15) is 8.78 Å². The number of hydrogen-bond donors (Lipinski definition) is 4. The van der Waals surface area contributed by atoms with Crippen molar-refractivity contribution in [3.05, 3.63) is 71.6 Å². The first-order valence-corrected chi connectivity index (χ1v) is 7.52. The van der Waals surface area contributed by atoms with Crippen LogP contribution in [0.25, 0.3) is 21.8 Å². The van der Waals surface area contributed by atoms with Gasteiger partial charge < -0.3 is 20.9 Å². The fraction of sp³-hybridized carbons (Fsp3) is 0.105. The number of benzene rings is 2. The number of nitrogens with two attached hydrogens (primary N) is 1. The molecule has 0 aliphatic heterocycles. The summed E-state index contributed by atoms with van der Waals surface area (Å²) in [7, 11) is 0. The van der Waals surface area contributed by atoms with E-state index >= 15 is 0 Å². The molecule has 0 aliphatic carbocycles. The monoisotopic (exact) mass is 358 g/mol. The van der Waals surface area contributed by atoms with Crippen LogP contribution in [0.1, 0.15) is 18.6 Å². The molecule has 0 amide bonds. The molecule has 2 aromatic carbocycles. The van der Waals surface area contributed by atoms with Crippen LogP contribution in [0.3, 0.4) is 0 Å². The summed E-state index contributed by atoms with van der Waals surface area (Å²) in [6.07, 6.45) is 4.58. The number of H-pyrrole nitrogens is 2. The highest BCUT2D eigenvalue weighted by molar-refractivity contribution is 5.89. The molecule has 136 valence electrons. The second-order valence-electron chi connectivity index (χ2n) is 5.40. The van der Waals surface area contributed by atoms with Gasteiger partial charge in [0.2, 0.25) is 0 Å². The zero-order valence-corrected chi connectivity index (χ0v) is 13.1. The maximum Gasteiger partial charge on any atom is 0.134 e.